The predicted molar refractivity (Wildman–Crippen MR) is 99.4 cm³/mol. The van der Waals surface area contributed by atoms with Gasteiger partial charge in [-0.1, -0.05) is 18.2 Å². The molecule has 8 heteroatoms. The van der Waals surface area contributed by atoms with Gasteiger partial charge in [-0.05, 0) is 31.9 Å². The Morgan fingerprint density at radius 3 is 2.48 bits per heavy atom. The summed E-state index contributed by atoms with van der Waals surface area (Å²) in [6.45, 7) is 3.43. The predicted octanol–water partition coefficient (Wildman–Crippen LogP) is 0.693. The Morgan fingerprint density at radius 1 is 1.33 bits per heavy atom. The number of ether oxygens (including phenoxy) is 1. The van der Waals surface area contributed by atoms with Gasteiger partial charge in [0.25, 0.3) is 6.47 Å². The zero-order valence-corrected chi connectivity index (χ0v) is 15.5. The summed E-state index contributed by atoms with van der Waals surface area (Å²) in [4.78, 5) is 22.6. The molecule has 1 aromatic carbocycles. The summed E-state index contributed by atoms with van der Waals surface area (Å²) in [5, 5.41) is 29.9. The van der Waals surface area contributed by atoms with Crippen LogP contribution in [0.4, 0.5) is 5.69 Å². The summed E-state index contributed by atoms with van der Waals surface area (Å²) in [6.07, 6.45) is 1.12. The van der Waals surface area contributed by atoms with Gasteiger partial charge >= 0.3 is 0 Å². The highest BCUT2D eigenvalue weighted by Crippen LogP contribution is 2.39. The Morgan fingerprint density at radius 2 is 1.93 bits per heavy atom. The van der Waals surface area contributed by atoms with E-state index in [1.165, 1.54) is 0 Å². The molecule has 3 rings (SSSR count). The van der Waals surface area contributed by atoms with Crippen LogP contribution < -0.4 is 5.32 Å². The summed E-state index contributed by atoms with van der Waals surface area (Å²) < 4.78 is 5.87. The highest BCUT2D eigenvalue weighted by atomic mass is 16.5. The molecular formula is C19H28N2O6. The van der Waals surface area contributed by atoms with Crippen LogP contribution >= 0.6 is 0 Å². The summed E-state index contributed by atoms with van der Waals surface area (Å²) in [5.41, 5.74) is -0.683. The Labute approximate surface area is 158 Å². The first kappa shape index (κ1) is 21.3. The van der Waals surface area contributed by atoms with Crippen molar-refractivity contribution in [2.24, 2.45) is 0 Å². The second kappa shape index (κ2) is 9.27. The van der Waals surface area contributed by atoms with E-state index in [0.29, 0.717) is 13.0 Å². The van der Waals surface area contributed by atoms with Gasteiger partial charge in [-0.2, -0.15) is 0 Å². The van der Waals surface area contributed by atoms with Crippen LogP contribution in [-0.2, 0) is 14.3 Å². The van der Waals surface area contributed by atoms with Gasteiger partial charge in [0.2, 0.25) is 5.91 Å². The third-order valence-electron chi connectivity index (χ3n) is 5.14. The van der Waals surface area contributed by atoms with Gasteiger partial charge in [0.05, 0.1) is 24.4 Å². The van der Waals surface area contributed by atoms with E-state index in [2.05, 4.69) is 10.2 Å². The van der Waals surface area contributed by atoms with E-state index in [-0.39, 0.29) is 24.6 Å². The number of para-hydroxylation sites is 1. The molecule has 2 atom stereocenters. The third-order valence-corrected chi connectivity index (χ3v) is 5.14. The molecule has 0 aromatic heterocycles. The molecule has 0 saturated carbocycles. The maximum Gasteiger partial charge on any atom is 0.290 e. The zero-order valence-electron chi connectivity index (χ0n) is 15.5. The molecule has 2 fully saturated rings. The number of likely N-dealkylation sites (tertiary alicyclic amines) is 1. The lowest BCUT2D eigenvalue weighted by Gasteiger charge is -2.49. The molecule has 1 spiro atoms. The number of aliphatic hydroxyl groups is 2. The smallest absolute Gasteiger partial charge is 0.290 e. The molecule has 8 nitrogen and oxygen atoms in total. The summed E-state index contributed by atoms with van der Waals surface area (Å²) in [7, 11) is 0. The number of aliphatic hydroxyl groups excluding tert-OH is 1. The molecule has 1 amide bonds. The van der Waals surface area contributed by atoms with Gasteiger partial charge in [-0.15, -0.1) is 0 Å². The standard InChI is InChI=1S/C18H26N2O4.CH2O2/c1-17(23)13-18(24-12-15(17)21)7-9-20(10-8-18)11-16(22)19-14-5-3-2-4-6-14;2-1-3/h2-6,15,21,23H,7-13H2,1H3,(H,19,22);1H,(H,2,3)/t15-,17-;/m0./s1. The fourth-order valence-electron chi connectivity index (χ4n) is 3.62. The van der Waals surface area contributed by atoms with Crippen LogP contribution in [0.5, 0.6) is 0 Å². The van der Waals surface area contributed by atoms with Crippen molar-refractivity contribution in [2.45, 2.75) is 43.5 Å². The molecule has 2 saturated heterocycles. The zero-order chi connectivity index (χ0) is 19.9. The Kier molecular flexibility index (Phi) is 7.32. The van der Waals surface area contributed by atoms with Crippen LogP contribution in [0.1, 0.15) is 26.2 Å². The second-order valence-electron chi connectivity index (χ2n) is 7.34. The average molecular weight is 380 g/mol. The van der Waals surface area contributed by atoms with E-state index in [9.17, 15) is 15.0 Å². The molecule has 2 aliphatic rings. The van der Waals surface area contributed by atoms with Gasteiger partial charge < -0.3 is 25.4 Å². The molecule has 2 heterocycles. The van der Waals surface area contributed by atoms with Gasteiger partial charge in [0.15, 0.2) is 0 Å². The van der Waals surface area contributed by atoms with Crippen LogP contribution in [0.15, 0.2) is 30.3 Å². The van der Waals surface area contributed by atoms with E-state index in [0.717, 1.165) is 31.6 Å². The molecule has 0 radical (unpaired) electrons. The molecule has 0 bridgehead atoms. The summed E-state index contributed by atoms with van der Waals surface area (Å²) in [6, 6.07) is 9.43. The fourth-order valence-corrected chi connectivity index (χ4v) is 3.62. The van der Waals surface area contributed by atoms with Crippen LogP contribution in [0, 0.1) is 0 Å². The molecule has 1 aromatic rings. The molecule has 4 N–H and O–H groups in total. The number of benzene rings is 1. The number of anilines is 1. The second-order valence-corrected chi connectivity index (χ2v) is 7.34. The van der Waals surface area contributed by atoms with Crippen molar-refractivity contribution in [1.29, 1.82) is 0 Å². The van der Waals surface area contributed by atoms with Crippen molar-refractivity contribution in [3.05, 3.63) is 30.3 Å². The van der Waals surface area contributed by atoms with Gasteiger partial charge in [0.1, 0.15) is 6.10 Å². The first-order chi connectivity index (χ1) is 12.8. The molecule has 150 valence electrons. The molecule has 0 aliphatic carbocycles. The van der Waals surface area contributed by atoms with Gasteiger partial charge in [-0.25, -0.2) is 0 Å². The first-order valence-corrected chi connectivity index (χ1v) is 9.00. The Hall–Kier alpha value is -2.00. The minimum atomic E-state index is -1.11. The van der Waals surface area contributed by atoms with Crippen LogP contribution in [0.25, 0.3) is 0 Å². The van der Waals surface area contributed by atoms with Gasteiger partial charge in [0, 0.05) is 25.2 Å². The molecule has 2 aliphatic heterocycles. The minimum absolute atomic E-state index is 0.0240. The normalized spacial score (nSPS) is 27.3. The van der Waals surface area contributed by atoms with E-state index in [1.807, 2.05) is 30.3 Å². The number of carbonyl (C=O) groups is 2. The highest BCUT2D eigenvalue weighted by molar-refractivity contribution is 5.92. The van der Waals surface area contributed by atoms with Crippen LogP contribution in [0.3, 0.4) is 0 Å². The number of hydrogen-bond donors (Lipinski definition) is 4. The lowest BCUT2D eigenvalue weighted by atomic mass is 9.76. The van der Waals surface area contributed by atoms with Crippen molar-refractivity contribution in [1.82, 2.24) is 4.90 Å². The quantitative estimate of drug-likeness (QED) is 0.570. The SMILES string of the molecule is C[C@]1(O)CC2(CCN(CC(=O)Nc3ccccc3)CC2)OC[C@@H]1O.O=CO. The third kappa shape index (κ3) is 6.00. The fraction of sp³-hybridized carbons (Fsp3) is 0.579. The lowest BCUT2D eigenvalue weighted by molar-refractivity contribution is -0.222. The largest absolute Gasteiger partial charge is 0.483 e. The van der Waals surface area contributed by atoms with Crippen molar-refractivity contribution < 1.29 is 29.6 Å². The number of amides is 1. The van der Waals surface area contributed by atoms with E-state index < -0.39 is 11.7 Å². The highest BCUT2D eigenvalue weighted by Gasteiger charge is 2.48. The topological polar surface area (TPSA) is 119 Å². The number of nitrogens with one attached hydrogen (secondary N) is 1. The maximum atomic E-state index is 12.1. The lowest BCUT2D eigenvalue weighted by Crippen LogP contribution is -2.59. The summed E-state index contributed by atoms with van der Waals surface area (Å²) in [5.74, 6) is -0.0240. The van der Waals surface area contributed by atoms with Crippen molar-refractivity contribution in [3.63, 3.8) is 0 Å². The summed E-state index contributed by atoms with van der Waals surface area (Å²) >= 11 is 0. The monoisotopic (exact) mass is 380 g/mol. The Balaban J connectivity index is 0.000000817. The number of carboxylic acid groups (broad SMARTS) is 1. The average Bonchev–Trinajstić information content (AvgIpc) is 2.62. The van der Waals surface area contributed by atoms with Crippen LogP contribution in [0.2, 0.25) is 0 Å². The Bertz CT molecular complexity index is 614. The number of hydrogen-bond acceptors (Lipinski definition) is 6. The minimum Gasteiger partial charge on any atom is -0.483 e. The first-order valence-electron chi connectivity index (χ1n) is 9.00. The van der Waals surface area contributed by atoms with E-state index in [1.54, 1.807) is 6.92 Å². The van der Waals surface area contributed by atoms with Crippen molar-refractivity contribution in [2.75, 3.05) is 31.6 Å². The number of rotatable bonds is 3. The maximum absolute atomic E-state index is 12.1. The number of nitrogens with zero attached hydrogens (tertiary/aromatic N) is 1. The van der Waals surface area contributed by atoms with Gasteiger partial charge in [-0.3, -0.25) is 14.5 Å². The van der Waals surface area contributed by atoms with E-state index >= 15 is 0 Å². The van der Waals surface area contributed by atoms with Crippen LogP contribution in [-0.4, -0.2) is 76.1 Å². The van der Waals surface area contributed by atoms with Crippen molar-refractivity contribution >= 4 is 18.1 Å². The number of piperidine rings is 1. The molecule has 0 unspecified atom stereocenters. The van der Waals surface area contributed by atoms with E-state index in [4.69, 9.17) is 14.6 Å². The molecule has 27 heavy (non-hydrogen) atoms. The van der Waals surface area contributed by atoms with Crippen molar-refractivity contribution in [3.8, 4) is 0 Å². The molecular weight excluding hydrogens is 352 g/mol. The number of carbonyl (C=O) groups excluding carboxylic acids is 1.